The van der Waals surface area contributed by atoms with E-state index in [1.165, 1.54) is 25.3 Å². The van der Waals surface area contributed by atoms with Gasteiger partial charge in [0.15, 0.2) is 0 Å². The van der Waals surface area contributed by atoms with Crippen molar-refractivity contribution in [1.29, 1.82) is 0 Å². The van der Waals surface area contributed by atoms with Crippen molar-refractivity contribution in [2.75, 3.05) is 13.7 Å². The van der Waals surface area contributed by atoms with Crippen molar-refractivity contribution < 1.29 is 24.0 Å². The summed E-state index contributed by atoms with van der Waals surface area (Å²) in [5, 5.41) is 15.7. The number of non-ortho nitro benzene ring substituents is 1. The van der Waals surface area contributed by atoms with Crippen LogP contribution in [0.15, 0.2) is 48.5 Å². The molecule has 0 bridgehead atoms. The Morgan fingerprint density at radius 2 is 1.74 bits per heavy atom. The number of benzene rings is 2. The quantitative estimate of drug-likeness (QED) is 0.430. The van der Waals surface area contributed by atoms with E-state index in [1.54, 1.807) is 24.3 Å². The lowest BCUT2D eigenvalue weighted by Crippen LogP contribution is -2.36. The summed E-state index contributed by atoms with van der Waals surface area (Å²) in [6.45, 7) is -0.0608. The molecular formula is C18H17N3O6. The molecule has 9 heteroatoms. The molecule has 0 aromatic heterocycles. The van der Waals surface area contributed by atoms with Gasteiger partial charge in [-0.05, 0) is 23.8 Å². The predicted octanol–water partition coefficient (Wildman–Crippen LogP) is 1.43. The largest absolute Gasteiger partial charge is 0.465 e. The molecule has 0 aliphatic heterocycles. The number of carbonyl (C=O) groups is 3. The Morgan fingerprint density at radius 3 is 2.37 bits per heavy atom. The summed E-state index contributed by atoms with van der Waals surface area (Å²) in [6, 6.07) is 11.7. The van der Waals surface area contributed by atoms with Crippen LogP contribution in [0.4, 0.5) is 5.69 Å². The zero-order chi connectivity index (χ0) is 19.8. The molecule has 0 saturated carbocycles. The SMILES string of the molecule is COC(=O)c1ccc(CNC(=O)CNC(=O)c2cccc([N+](=O)[O-])c2)cc1. The number of nitrogens with one attached hydrogen (secondary N) is 2. The summed E-state index contributed by atoms with van der Waals surface area (Å²) in [5.74, 6) is -1.46. The molecule has 0 aliphatic rings. The standard InChI is InChI=1S/C18H17N3O6/c1-27-18(24)13-7-5-12(6-8-13)10-19-16(22)11-20-17(23)14-3-2-4-15(9-14)21(25)26/h2-9H,10-11H2,1H3,(H,19,22)(H,20,23). The number of amides is 2. The van der Waals surface area contributed by atoms with Crippen LogP contribution in [0.25, 0.3) is 0 Å². The minimum atomic E-state index is -0.602. The van der Waals surface area contributed by atoms with Crippen molar-refractivity contribution >= 4 is 23.5 Å². The van der Waals surface area contributed by atoms with E-state index >= 15 is 0 Å². The number of methoxy groups -OCH3 is 1. The highest BCUT2D eigenvalue weighted by Gasteiger charge is 2.12. The van der Waals surface area contributed by atoms with Crippen LogP contribution in [-0.4, -0.2) is 36.4 Å². The normalized spacial score (nSPS) is 9.96. The van der Waals surface area contributed by atoms with E-state index in [2.05, 4.69) is 15.4 Å². The molecule has 0 spiro atoms. The van der Waals surface area contributed by atoms with E-state index in [4.69, 9.17) is 0 Å². The number of nitro benzene ring substituents is 1. The fourth-order valence-electron chi connectivity index (χ4n) is 2.16. The smallest absolute Gasteiger partial charge is 0.337 e. The minimum absolute atomic E-state index is 0.0930. The lowest BCUT2D eigenvalue weighted by atomic mass is 10.1. The van der Waals surface area contributed by atoms with Crippen LogP contribution >= 0.6 is 0 Å². The lowest BCUT2D eigenvalue weighted by Gasteiger charge is -2.08. The van der Waals surface area contributed by atoms with Crippen LogP contribution in [0.3, 0.4) is 0 Å². The van der Waals surface area contributed by atoms with Gasteiger partial charge in [0.2, 0.25) is 5.91 Å². The van der Waals surface area contributed by atoms with Gasteiger partial charge < -0.3 is 15.4 Å². The average Bonchev–Trinajstić information content (AvgIpc) is 2.70. The summed E-state index contributed by atoms with van der Waals surface area (Å²) < 4.78 is 4.60. The Hall–Kier alpha value is -3.75. The molecule has 2 aromatic rings. The Kier molecular flexibility index (Phi) is 6.59. The molecule has 0 radical (unpaired) electrons. The first-order valence-corrected chi connectivity index (χ1v) is 7.87. The maximum Gasteiger partial charge on any atom is 0.337 e. The molecule has 0 fully saturated rings. The molecule has 2 N–H and O–H groups in total. The average molecular weight is 371 g/mol. The predicted molar refractivity (Wildman–Crippen MR) is 95.1 cm³/mol. The number of hydrogen-bond donors (Lipinski definition) is 2. The van der Waals surface area contributed by atoms with Gasteiger partial charge in [-0.25, -0.2) is 4.79 Å². The zero-order valence-electron chi connectivity index (χ0n) is 14.4. The number of nitro groups is 1. The highest BCUT2D eigenvalue weighted by atomic mass is 16.6. The molecule has 2 aromatic carbocycles. The second kappa shape index (κ2) is 9.09. The van der Waals surface area contributed by atoms with Crippen LogP contribution in [0.5, 0.6) is 0 Å². The molecule has 9 nitrogen and oxygen atoms in total. The summed E-state index contributed by atoms with van der Waals surface area (Å²) in [7, 11) is 1.29. The molecular weight excluding hydrogens is 354 g/mol. The van der Waals surface area contributed by atoms with E-state index in [1.807, 2.05) is 0 Å². The van der Waals surface area contributed by atoms with Gasteiger partial charge in [0, 0.05) is 24.2 Å². The maximum atomic E-state index is 12.0. The van der Waals surface area contributed by atoms with Crippen molar-refractivity contribution in [2.24, 2.45) is 0 Å². The van der Waals surface area contributed by atoms with Gasteiger partial charge in [0.05, 0.1) is 24.1 Å². The minimum Gasteiger partial charge on any atom is -0.465 e. The van der Waals surface area contributed by atoms with Crippen LogP contribution in [-0.2, 0) is 16.1 Å². The van der Waals surface area contributed by atoms with Gasteiger partial charge in [-0.2, -0.15) is 0 Å². The molecule has 140 valence electrons. The van der Waals surface area contributed by atoms with Crippen molar-refractivity contribution in [1.82, 2.24) is 10.6 Å². The van der Waals surface area contributed by atoms with Crippen molar-refractivity contribution in [3.63, 3.8) is 0 Å². The van der Waals surface area contributed by atoms with E-state index in [9.17, 15) is 24.5 Å². The highest BCUT2D eigenvalue weighted by molar-refractivity contribution is 5.97. The summed E-state index contributed by atoms with van der Waals surface area (Å²) in [5.41, 5.74) is 1.05. The van der Waals surface area contributed by atoms with Crippen molar-refractivity contribution in [2.45, 2.75) is 6.54 Å². The summed E-state index contributed by atoms with van der Waals surface area (Å²) in [4.78, 5) is 45.3. The first kappa shape index (κ1) is 19.6. The van der Waals surface area contributed by atoms with E-state index in [-0.39, 0.29) is 24.3 Å². The summed E-state index contributed by atoms with van der Waals surface area (Å²) >= 11 is 0. The molecule has 0 heterocycles. The van der Waals surface area contributed by atoms with Crippen LogP contribution < -0.4 is 10.6 Å². The number of carbonyl (C=O) groups excluding carboxylic acids is 3. The second-order valence-corrected chi connectivity index (χ2v) is 5.46. The van der Waals surface area contributed by atoms with Gasteiger partial charge in [0.25, 0.3) is 11.6 Å². The first-order valence-electron chi connectivity index (χ1n) is 7.87. The third kappa shape index (κ3) is 5.63. The van der Waals surface area contributed by atoms with E-state index in [0.29, 0.717) is 5.56 Å². The topological polar surface area (TPSA) is 128 Å². The van der Waals surface area contributed by atoms with Gasteiger partial charge in [-0.15, -0.1) is 0 Å². The molecule has 0 unspecified atom stereocenters. The zero-order valence-corrected chi connectivity index (χ0v) is 14.4. The van der Waals surface area contributed by atoms with Gasteiger partial charge in [0.1, 0.15) is 0 Å². The fraction of sp³-hybridized carbons (Fsp3) is 0.167. The Balaban J connectivity index is 1.82. The monoisotopic (exact) mass is 371 g/mol. The van der Waals surface area contributed by atoms with Gasteiger partial charge >= 0.3 is 5.97 Å². The van der Waals surface area contributed by atoms with Crippen molar-refractivity contribution in [3.8, 4) is 0 Å². The number of esters is 1. The number of ether oxygens (including phenoxy) is 1. The molecule has 2 rings (SSSR count). The van der Waals surface area contributed by atoms with Crippen LogP contribution in [0, 0.1) is 10.1 Å². The molecule has 0 atom stereocenters. The highest BCUT2D eigenvalue weighted by Crippen LogP contribution is 2.12. The Labute approximate surface area is 154 Å². The first-order chi connectivity index (χ1) is 12.9. The third-order valence-corrected chi connectivity index (χ3v) is 3.59. The molecule has 2 amide bonds. The lowest BCUT2D eigenvalue weighted by molar-refractivity contribution is -0.384. The second-order valence-electron chi connectivity index (χ2n) is 5.46. The van der Waals surface area contributed by atoms with Crippen molar-refractivity contribution in [3.05, 3.63) is 75.3 Å². The molecule has 0 saturated heterocycles. The fourth-order valence-corrected chi connectivity index (χ4v) is 2.16. The third-order valence-electron chi connectivity index (χ3n) is 3.59. The number of nitrogens with zero attached hydrogens (tertiary/aromatic N) is 1. The summed E-state index contributed by atoms with van der Waals surface area (Å²) in [6.07, 6.45) is 0. The van der Waals surface area contributed by atoms with Crippen LogP contribution in [0.2, 0.25) is 0 Å². The Bertz CT molecular complexity index is 864. The van der Waals surface area contributed by atoms with Gasteiger partial charge in [-0.3, -0.25) is 19.7 Å². The number of rotatable bonds is 7. The van der Waals surface area contributed by atoms with Crippen LogP contribution in [0.1, 0.15) is 26.3 Å². The van der Waals surface area contributed by atoms with Gasteiger partial charge in [-0.1, -0.05) is 18.2 Å². The van der Waals surface area contributed by atoms with E-state index < -0.39 is 22.7 Å². The molecule has 0 aliphatic carbocycles. The Morgan fingerprint density at radius 1 is 1.04 bits per heavy atom. The maximum absolute atomic E-state index is 12.0. The number of hydrogen-bond acceptors (Lipinski definition) is 6. The van der Waals surface area contributed by atoms with E-state index in [0.717, 1.165) is 11.6 Å². The molecule has 27 heavy (non-hydrogen) atoms.